The van der Waals surface area contributed by atoms with Gasteiger partial charge >= 0.3 is 0 Å². The number of ether oxygens (including phenoxy) is 1. The van der Waals surface area contributed by atoms with Crippen LogP contribution in [0.4, 0.5) is 5.69 Å². The SMILES string of the molecule is CN1CCOC(c2noc(Cc3ccc(N)cc3)n2)C1. The van der Waals surface area contributed by atoms with Crippen LogP contribution in [0, 0.1) is 0 Å². The van der Waals surface area contributed by atoms with Crippen LogP contribution in [0.25, 0.3) is 0 Å². The fourth-order valence-corrected chi connectivity index (χ4v) is 2.21. The van der Waals surface area contributed by atoms with Crippen molar-refractivity contribution in [3.05, 3.63) is 41.5 Å². The number of morpholine rings is 1. The number of benzene rings is 1. The largest absolute Gasteiger partial charge is 0.399 e. The molecular weight excluding hydrogens is 256 g/mol. The van der Waals surface area contributed by atoms with E-state index < -0.39 is 0 Å². The molecule has 3 rings (SSSR count). The van der Waals surface area contributed by atoms with Crippen molar-refractivity contribution >= 4 is 5.69 Å². The third-order valence-corrected chi connectivity index (χ3v) is 3.38. The topological polar surface area (TPSA) is 77.4 Å². The van der Waals surface area contributed by atoms with Gasteiger partial charge in [0.25, 0.3) is 0 Å². The molecular formula is C14H18N4O2. The minimum absolute atomic E-state index is 0.0994. The van der Waals surface area contributed by atoms with Crippen molar-refractivity contribution in [1.82, 2.24) is 15.0 Å². The molecule has 0 spiro atoms. The maximum atomic E-state index is 5.67. The number of nitrogen functional groups attached to an aromatic ring is 1. The number of nitrogens with two attached hydrogens (primary N) is 1. The molecule has 1 unspecified atom stereocenters. The minimum Gasteiger partial charge on any atom is -0.399 e. The van der Waals surface area contributed by atoms with E-state index in [1.807, 2.05) is 24.3 Å². The van der Waals surface area contributed by atoms with Gasteiger partial charge in [0, 0.05) is 18.8 Å². The van der Waals surface area contributed by atoms with Crippen molar-refractivity contribution in [3.8, 4) is 0 Å². The first-order valence-electron chi connectivity index (χ1n) is 6.68. The Labute approximate surface area is 117 Å². The fraction of sp³-hybridized carbons (Fsp3) is 0.429. The zero-order valence-corrected chi connectivity index (χ0v) is 11.5. The van der Waals surface area contributed by atoms with E-state index in [0.717, 1.165) is 24.3 Å². The van der Waals surface area contributed by atoms with Crippen molar-refractivity contribution in [2.75, 3.05) is 32.5 Å². The lowest BCUT2D eigenvalue weighted by atomic mass is 10.1. The van der Waals surface area contributed by atoms with E-state index in [2.05, 4.69) is 22.1 Å². The summed E-state index contributed by atoms with van der Waals surface area (Å²) in [7, 11) is 2.06. The van der Waals surface area contributed by atoms with Crippen LogP contribution in [-0.2, 0) is 11.2 Å². The van der Waals surface area contributed by atoms with Gasteiger partial charge in [0.1, 0.15) is 6.10 Å². The molecule has 0 aliphatic carbocycles. The highest BCUT2D eigenvalue weighted by atomic mass is 16.5. The summed E-state index contributed by atoms with van der Waals surface area (Å²) in [5.41, 5.74) is 7.50. The average molecular weight is 274 g/mol. The normalized spacial score (nSPS) is 20.1. The monoisotopic (exact) mass is 274 g/mol. The van der Waals surface area contributed by atoms with Gasteiger partial charge in [-0.15, -0.1) is 0 Å². The number of anilines is 1. The van der Waals surface area contributed by atoms with Crippen LogP contribution in [0.1, 0.15) is 23.4 Å². The molecule has 0 amide bonds. The van der Waals surface area contributed by atoms with Crippen molar-refractivity contribution in [1.29, 1.82) is 0 Å². The van der Waals surface area contributed by atoms with Crippen LogP contribution in [0.2, 0.25) is 0 Å². The van der Waals surface area contributed by atoms with E-state index in [-0.39, 0.29) is 6.10 Å². The maximum Gasteiger partial charge on any atom is 0.231 e. The standard InChI is InChI=1S/C14H18N4O2/c1-18-6-7-19-12(9-18)14-16-13(20-17-14)8-10-2-4-11(15)5-3-10/h2-5,12H,6-9,15H2,1H3. The molecule has 1 atom stereocenters. The molecule has 1 aromatic carbocycles. The average Bonchev–Trinajstić information content (AvgIpc) is 2.90. The Kier molecular flexibility index (Phi) is 3.66. The number of likely N-dealkylation sites (N-methyl/N-ethyl adjacent to an activating group) is 1. The summed E-state index contributed by atoms with van der Waals surface area (Å²) < 4.78 is 11.0. The third-order valence-electron chi connectivity index (χ3n) is 3.38. The summed E-state index contributed by atoms with van der Waals surface area (Å²) in [4.78, 5) is 6.62. The van der Waals surface area contributed by atoms with Crippen LogP contribution in [0.3, 0.4) is 0 Å². The second-order valence-electron chi connectivity index (χ2n) is 5.09. The zero-order valence-electron chi connectivity index (χ0n) is 11.5. The lowest BCUT2D eigenvalue weighted by Crippen LogP contribution is -2.35. The van der Waals surface area contributed by atoms with Gasteiger partial charge in [-0.3, -0.25) is 0 Å². The first-order chi connectivity index (χ1) is 9.70. The van der Waals surface area contributed by atoms with Gasteiger partial charge in [-0.05, 0) is 24.7 Å². The molecule has 1 saturated heterocycles. The van der Waals surface area contributed by atoms with Crippen LogP contribution < -0.4 is 5.73 Å². The van der Waals surface area contributed by atoms with Crippen molar-refractivity contribution in [2.45, 2.75) is 12.5 Å². The van der Waals surface area contributed by atoms with Crippen molar-refractivity contribution in [2.24, 2.45) is 0 Å². The summed E-state index contributed by atoms with van der Waals surface area (Å²) in [6.07, 6.45) is 0.508. The number of aromatic nitrogens is 2. The summed E-state index contributed by atoms with van der Waals surface area (Å²) in [5.74, 6) is 1.23. The Morgan fingerprint density at radius 3 is 2.90 bits per heavy atom. The number of hydrogen-bond acceptors (Lipinski definition) is 6. The lowest BCUT2D eigenvalue weighted by molar-refractivity contribution is -0.0264. The van der Waals surface area contributed by atoms with E-state index in [9.17, 15) is 0 Å². The first-order valence-corrected chi connectivity index (χ1v) is 6.68. The second kappa shape index (κ2) is 5.60. The van der Waals surface area contributed by atoms with Gasteiger partial charge in [-0.1, -0.05) is 17.3 Å². The highest BCUT2D eigenvalue weighted by molar-refractivity contribution is 5.39. The summed E-state index contributed by atoms with van der Waals surface area (Å²) in [6.45, 7) is 2.43. The Morgan fingerprint density at radius 1 is 1.35 bits per heavy atom. The van der Waals surface area contributed by atoms with Crippen LogP contribution in [0.5, 0.6) is 0 Å². The van der Waals surface area contributed by atoms with Gasteiger partial charge in [-0.25, -0.2) is 0 Å². The summed E-state index contributed by atoms with van der Waals surface area (Å²) in [5, 5.41) is 4.03. The molecule has 106 valence electrons. The number of rotatable bonds is 3. The molecule has 1 fully saturated rings. The summed E-state index contributed by atoms with van der Waals surface area (Å²) in [6, 6.07) is 7.66. The Hall–Kier alpha value is -1.92. The highest BCUT2D eigenvalue weighted by Crippen LogP contribution is 2.19. The van der Waals surface area contributed by atoms with Gasteiger partial charge in [0.2, 0.25) is 11.7 Å². The predicted octanol–water partition coefficient (Wildman–Crippen LogP) is 1.25. The quantitative estimate of drug-likeness (QED) is 0.849. The van der Waals surface area contributed by atoms with Gasteiger partial charge < -0.3 is 19.9 Å². The molecule has 2 heterocycles. The van der Waals surface area contributed by atoms with Crippen LogP contribution in [-0.4, -0.2) is 41.8 Å². The minimum atomic E-state index is -0.0994. The Bertz CT molecular complexity index is 567. The predicted molar refractivity (Wildman–Crippen MR) is 74.1 cm³/mol. The molecule has 1 aromatic heterocycles. The molecule has 1 aliphatic rings. The van der Waals surface area contributed by atoms with Gasteiger partial charge in [-0.2, -0.15) is 4.98 Å². The first kappa shape index (κ1) is 13.1. The van der Waals surface area contributed by atoms with E-state index in [4.69, 9.17) is 15.0 Å². The number of nitrogens with zero attached hydrogens (tertiary/aromatic N) is 3. The molecule has 0 bridgehead atoms. The summed E-state index contributed by atoms with van der Waals surface area (Å²) >= 11 is 0. The molecule has 6 heteroatoms. The van der Waals surface area contributed by atoms with Crippen LogP contribution >= 0.6 is 0 Å². The van der Waals surface area contributed by atoms with Crippen molar-refractivity contribution < 1.29 is 9.26 Å². The van der Waals surface area contributed by atoms with E-state index in [1.165, 1.54) is 0 Å². The molecule has 0 saturated carbocycles. The Balaban J connectivity index is 1.68. The van der Waals surface area contributed by atoms with Crippen molar-refractivity contribution in [3.63, 3.8) is 0 Å². The van der Waals surface area contributed by atoms with E-state index in [0.29, 0.717) is 24.7 Å². The smallest absolute Gasteiger partial charge is 0.231 e. The van der Waals surface area contributed by atoms with E-state index >= 15 is 0 Å². The molecule has 0 radical (unpaired) electrons. The molecule has 6 nitrogen and oxygen atoms in total. The molecule has 20 heavy (non-hydrogen) atoms. The molecule has 1 aliphatic heterocycles. The molecule has 2 N–H and O–H groups in total. The maximum absolute atomic E-state index is 5.67. The van der Waals surface area contributed by atoms with Gasteiger partial charge in [0.05, 0.1) is 13.0 Å². The highest BCUT2D eigenvalue weighted by Gasteiger charge is 2.24. The van der Waals surface area contributed by atoms with Gasteiger partial charge in [0.15, 0.2) is 0 Å². The molecule has 2 aromatic rings. The fourth-order valence-electron chi connectivity index (χ4n) is 2.21. The number of hydrogen-bond donors (Lipinski definition) is 1. The van der Waals surface area contributed by atoms with E-state index in [1.54, 1.807) is 0 Å². The second-order valence-corrected chi connectivity index (χ2v) is 5.09. The zero-order chi connectivity index (χ0) is 13.9. The lowest BCUT2D eigenvalue weighted by Gasteiger charge is -2.27. The van der Waals surface area contributed by atoms with Crippen LogP contribution in [0.15, 0.2) is 28.8 Å². The Morgan fingerprint density at radius 2 is 2.15 bits per heavy atom. The third kappa shape index (κ3) is 2.97.